The summed E-state index contributed by atoms with van der Waals surface area (Å²) in [5, 5.41) is 20.1. The first kappa shape index (κ1) is 22.8. The summed E-state index contributed by atoms with van der Waals surface area (Å²) in [6, 6.07) is 23.3. The number of hydrogen-bond acceptors (Lipinski definition) is 5. The van der Waals surface area contributed by atoms with Gasteiger partial charge in [0.1, 0.15) is 18.1 Å². The van der Waals surface area contributed by atoms with Crippen LogP contribution in [0.1, 0.15) is 11.3 Å². The second kappa shape index (κ2) is 9.44. The highest BCUT2D eigenvalue weighted by Gasteiger charge is 2.16. The summed E-state index contributed by atoms with van der Waals surface area (Å²) in [4.78, 5) is 8.02. The third-order valence-corrected chi connectivity index (χ3v) is 6.70. The van der Waals surface area contributed by atoms with Crippen LogP contribution in [0.15, 0.2) is 85.2 Å². The predicted octanol–water partition coefficient (Wildman–Crippen LogP) is 5.74. The molecule has 7 nitrogen and oxygen atoms in total. The van der Waals surface area contributed by atoms with Crippen LogP contribution in [0.25, 0.3) is 44.2 Å². The zero-order valence-electron chi connectivity index (χ0n) is 20.4. The largest absolute Gasteiger partial charge is 0.507 e. The Kier molecular flexibility index (Phi) is 5.82. The van der Waals surface area contributed by atoms with Crippen molar-refractivity contribution in [2.45, 2.75) is 19.4 Å². The van der Waals surface area contributed by atoms with Crippen LogP contribution < -0.4 is 10.5 Å². The Morgan fingerprint density at radius 3 is 2.70 bits per heavy atom. The van der Waals surface area contributed by atoms with Gasteiger partial charge in [-0.25, -0.2) is 0 Å². The molecule has 7 heteroatoms. The molecule has 0 aliphatic rings. The number of ether oxygens (including phenoxy) is 1. The zero-order valence-corrected chi connectivity index (χ0v) is 20.4. The summed E-state index contributed by atoms with van der Waals surface area (Å²) in [7, 11) is 0. The highest BCUT2D eigenvalue weighted by molar-refractivity contribution is 5.91. The van der Waals surface area contributed by atoms with Crippen LogP contribution in [0.2, 0.25) is 0 Å². The van der Waals surface area contributed by atoms with Crippen LogP contribution in [0.3, 0.4) is 0 Å². The minimum atomic E-state index is -0.189. The van der Waals surface area contributed by atoms with E-state index in [0.29, 0.717) is 30.0 Å². The van der Waals surface area contributed by atoms with E-state index in [2.05, 4.69) is 33.4 Å². The van der Waals surface area contributed by atoms with Crippen molar-refractivity contribution in [2.24, 2.45) is 5.73 Å². The number of para-hydroxylation sites is 2. The molecule has 0 spiro atoms. The molecule has 0 fully saturated rings. The molecule has 1 atom stereocenters. The molecule has 6 aromatic rings. The second-order valence-corrected chi connectivity index (χ2v) is 9.30. The molecule has 0 saturated carbocycles. The molecule has 3 aromatic carbocycles. The van der Waals surface area contributed by atoms with Gasteiger partial charge in [-0.2, -0.15) is 5.10 Å². The predicted molar refractivity (Wildman–Crippen MR) is 147 cm³/mol. The maximum absolute atomic E-state index is 10.6. The number of phenolic OH excluding ortho intramolecular Hbond substituents is 1. The van der Waals surface area contributed by atoms with E-state index in [1.54, 1.807) is 18.3 Å². The molecule has 0 unspecified atom stereocenters. The lowest BCUT2D eigenvalue weighted by atomic mass is 9.97. The number of H-pyrrole nitrogens is 2. The van der Waals surface area contributed by atoms with Crippen molar-refractivity contribution in [1.29, 1.82) is 0 Å². The minimum absolute atomic E-state index is 0.172. The van der Waals surface area contributed by atoms with Gasteiger partial charge in [0.15, 0.2) is 0 Å². The number of nitrogens with zero attached hydrogens (tertiary/aromatic N) is 2. The lowest BCUT2D eigenvalue weighted by molar-refractivity contribution is 0.287. The van der Waals surface area contributed by atoms with E-state index >= 15 is 0 Å². The van der Waals surface area contributed by atoms with E-state index < -0.39 is 0 Å². The van der Waals surface area contributed by atoms with Crippen LogP contribution in [0.5, 0.6) is 11.5 Å². The van der Waals surface area contributed by atoms with Crippen molar-refractivity contribution in [3.63, 3.8) is 0 Å². The average molecular weight is 490 g/mol. The lowest BCUT2D eigenvalue weighted by Crippen LogP contribution is -2.30. The molecule has 0 aliphatic carbocycles. The Morgan fingerprint density at radius 1 is 0.973 bits per heavy atom. The van der Waals surface area contributed by atoms with Crippen molar-refractivity contribution in [3.05, 3.63) is 96.4 Å². The Labute approximate surface area is 213 Å². The van der Waals surface area contributed by atoms with Crippen molar-refractivity contribution in [1.82, 2.24) is 20.2 Å². The number of nitrogens with two attached hydrogens (primary N) is 1. The van der Waals surface area contributed by atoms with Gasteiger partial charge in [0, 0.05) is 45.3 Å². The number of fused-ring (bicyclic) bond motifs is 2. The topological polar surface area (TPSA) is 113 Å². The van der Waals surface area contributed by atoms with Gasteiger partial charge in [-0.15, -0.1) is 0 Å². The summed E-state index contributed by atoms with van der Waals surface area (Å²) in [6.07, 6.45) is 4.39. The molecule has 37 heavy (non-hydrogen) atoms. The van der Waals surface area contributed by atoms with Gasteiger partial charge in [-0.1, -0.05) is 36.4 Å². The zero-order chi connectivity index (χ0) is 25.4. The highest BCUT2D eigenvalue weighted by atomic mass is 16.5. The Morgan fingerprint density at radius 2 is 1.81 bits per heavy atom. The smallest absolute Gasteiger partial charge is 0.138 e. The first-order valence-corrected chi connectivity index (χ1v) is 12.2. The minimum Gasteiger partial charge on any atom is -0.507 e. The average Bonchev–Trinajstić information content (AvgIpc) is 3.51. The van der Waals surface area contributed by atoms with Crippen molar-refractivity contribution < 1.29 is 9.84 Å². The van der Waals surface area contributed by atoms with E-state index in [1.807, 2.05) is 55.6 Å². The normalized spacial score (nSPS) is 12.3. The molecule has 184 valence electrons. The number of aromatic hydroxyl groups is 1. The van der Waals surface area contributed by atoms with Crippen molar-refractivity contribution in [3.8, 4) is 33.9 Å². The lowest BCUT2D eigenvalue weighted by Gasteiger charge is -2.16. The molecular weight excluding hydrogens is 462 g/mol. The molecule has 0 bridgehead atoms. The fourth-order valence-electron chi connectivity index (χ4n) is 4.78. The van der Waals surface area contributed by atoms with E-state index in [-0.39, 0.29) is 11.8 Å². The van der Waals surface area contributed by atoms with Crippen LogP contribution in [-0.2, 0) is 6.42 Å². The quantitative estimate of drug-likeness (QED) is 0.229. The summed E-state index contributed by atoms with van der Waals surface area (Å²) in [5.74, 6) is 0.791. The number of aryl methyl sites for hydroxylation is 1. The van der Waals surface area contributed by atoms with Gasteiger partial charge < -0.3 is 20.6 Å². The third-order valence-electron chi connectivity index (χ3n) is 6.70. The fraction of sp³-hybridized carbons (Fsp3) is 0.133. The molecule has 0 saturated heterocycles. The van der Waals surface area contributed by atoms with Crippen LogP contribution in [0.4, 0.5) is 0 Å². The first-order valence-electron chi connectivity index (χ1n) is 12.2. The number of phenols is 1. The number of hydrogen-bond donors (Lipinski definition) is 4. The SMILES string of the molecule is Cc1[nH]nc2ccc(-c3cc(OC[C@H](N)Cc4c[nH]c5ccccc45)cnc3-c3ccccc3O)cc12. The second-order valence-electron chi connectivity index (χ2n) is 9.30. The molecule has 3 aromatic heterocycles. The Balaban J connectivity index is 1.31. The fourth-order valence-corrected chi connectivity index (χ4v) is 4.78. The van der Waals surface area contributed by atoms with Gasteiger partial charge in [-0.3, -0.25) is 10.1 Å². The summed E-state index contributed by atoms with van der Waals surface area (Å²) >= 11 is 0. The standard InChI is InChI=1S/C30H27N5O2/c1-18-25-13-19(10-11-28(25)35-34-18)26-14-22(16-33-30(26)24-7-3-5-9-29(24)36)37-17-21(31)12-20-15-32-27-8-4-2-6-23(20)27/h2-11,13-16,21,32,36H,12,17,31H2,1H3,(H,34,35)/t21-/m1/s1. The molecule has 6 rings (SSSR count). The molecule has 0 amide bonds. The van der Waals surface area contributed by atoms with Gasteiger partial charge in [0.25, 0.3) is 0 Å². The Hall–Kier alpha value is -4.62. The van der Waals surface area contributed by atoms with Crippen molar-refractivity contribution >= 4 is 21.8 Å². The first-order chi connectivity index (χ1) is 18.1. The maximum Gasteiger partial charge on any atom is 0.138 e. The number of pyridine rings is 1. The number of rotatable bonds is 7. The highest BCUT2D eigenvalue weighted by Crippen LogP contribution is 2.38. The molecule has 0 radical (unpaired) electrons. The van der Waals surface area contributed by atoms with E-state index in [4.69, 9.17) is 15.5 Å². The number of benzene rings is 3. The summed E-state index contributed by atoms with van der Waals surface area (Å²) < 4.78 is 6.13. The van der Waals surface area contributed by atoms with E-state index in [0.717, 1.165) is 33.2 Å². The molecule has 5 N–H and O–H groups in total. The summed E-state index contributed by atoms with van der Waals surface area (Å²) in [5.41, 5.74) is 13.8. The molecular formula is C30H27N5O2. The molecule has 3 heterocycles. The Bertz CT molecular complexity index is 1720. The monoisotopic (exact) mass is 489 g/mol. The van der Waals surface area contributed by atoms with Gasteiger partial charge >= 0.3 is 0 Å². The number of nitrogens with one attached hydrogen (secondary N) is 2. The van der Waals surface area contributed by atoms with Crippen molar-refractivity contribution in [2.75, 3.05) is 6.61 Å². The summed E-state index contributed by atoms with van der Waals surface area (Å²) in [6.45, 7) is 2.34. The van der Waals surface area contributed by atoms with E-state index in [9.17, 15) is 5.11 Å². The van der Waals surface area contributed by atoms with Gasteiger partial charge in [0.2, 0.25) is 0 Å². The molecule has 0 aliphatic heterocycles. The number of aromatic nitrogens is 4. The van der Waals surface area contributed by atoms with Crippen LogP contribution in [0, 0.1) is 6.92 Å². The number of aromatic amines is 2. The van der Waals surface area contributed by atoms with Gasteiger partial charge in [0.05, 0.1) is 17.4 Å². The van der Waals surface area contributed by atoms with Crippen LogP contribution >= 0.6 is 0 Å². The van der Waals surface area contributed by atoms with Crippen LogP contribution in [-0.4, -0.2) is 37.9 Å². The maximum atomic E-state index is 10.6. The third kappa shape index (κ3) is 4.41. The van der Waals surface area contributed by atoms with E-state index in [1.165, 1.54) is 10.9 Å². The van der Waals surface area contributed by atoms with Gasteiger partial charge in [-0.05, 0) is 60.9 Å².